The quantitative estimate of drug-likeness (QED) is 0.180. The maximum absolute atomic E-state index is 13.1. The molecule has 0 aliphatic heterocycles. The Morgan fingerprint density at radius 3 is 1.21 bits per heavy atom. The summed E-state index contributed by atoms with van der Waals surface area (Å²) in [6.07, 6.45) is 0.199. The predicted octanol–water partition coefficient (Wildman–Crippen LogP) is 1.12. The Kier molecular flexibility index (Phi) is 16.9. The number of nitriles is 2. The van der Waals surface area contributed by atoms with E-state index in [0.29, 0.717) is 39.6 Å². The first-order valence-corrected chi connectivity index (χ1v) is 15.3. The number of sulfone groups is 2. The van der Waals surface area contributed by atoms with Gasteiger partial charge in [0.2, 0.25) is 0 Å². The molecule has 1 aromatic rings. The number of rotatable bonds is 22. The second-order valence-corrected chi connectivity index (χ2v) is 12.0. The summed E-state index contributed by atoms with van der Waals surface area (Å²) in [5.74, 6) is -0.800. The molecule has 0 bridgehead atoms. The van der Waals surface area contributed by atoms with Crippen LogP contribution in [0.15, 0.2) is 21.9 Å². The van der Waals surface area contributed by atoms with Crippen LogP contribution in [-0.4, -0.2) is 109 Å². The van der Waals surface area contributed by atoms with Gasteiger partial charge in [-0.05, 0) is 25.0 Å². The van der Waals surface area contributed by atoms with E-state index in [9.17, 15) is 27.4 Å². The Morgan fingerprint density at radius 2 is 0.895 bits per heavy atom. The zero-order valence-corrected chi connectivity index (χ0v) is 23.5. The predicted molar refractivity (Wildman–Crippen MR) is 136 cm³/mol. The molecule has 0 spiro atoms. The maximum Gasteiger partial charge on any atom is 0.179 e. The summed E-state index contributed by atoms with van der Waals surface area (Å²) in [7, 11) is -5.11. The van der Waals surface area contributed by atoms with Crippen molar-refractivity contribution in [1.29, 1.82) is 10.5 Å². The molecular formula is C24H36N2O10S2. The van der Waals surface area contributed by atoms with Crippen LogP contribution < -0.4 is 0 Å². The van der Waals surface area contributed by atoms with Gasteiger partial charge in [0, 0.05) is 27.4 Å². The van der Waals surface area contributed by atoms with E-state index >= 15 is 0 Å². The molecule has 0 amide bonds. The van der Waals surface area contributed by atoms with Gasteiger partial charge in [-0.2, -0.15) is 10.5 Å². The van der Waals surface area contributed by atoms with Crippen LogP contribution in [0.2, 0.25) is 0 Å². The first kappa shape index (κ1) is 33.9. The Labute approximate surface area is 225 Å². The fourth-order valence-corrected chi connectivity index (χ4v) is 6.60. The molecule has 0 aliphatic rings. The number of hydrogen-bond acceptors (Lipinski definition) is 12. The van der Waals surface area contributed by atoms with E-state index in [0.717, 1.165) is 12.1 Å². The van der Waals surface area contributed by atoms with Crippen molar-refractivity contribution in [2.24, 2.45) is 0 Å². The van der Waals surface area contributed by atoms with Crippen LogP contribution in [0.25, 0.3) is 0 Å². The molecule has 0 radical (unpaired) electrons. The fourth-order valence-electron chi connectivity index (χ4n) is 3.08. The van der Waals surface area contributed by atoms with Crippen LogP contribution in [0, 0.1) is 22.7 Å². The molecule has 214 valence electrons. The third-order valence-electron chi connectivity index (χ3n) is 5.01. The smallest absolute Gasteiger partial charge is 0.179 e. The lowest BCUT2D eigenvalue weighted by molar-refractivity contribution is 0.0251. The molecular weight excluding hydrogens is 540 g/mol. The van der Waals surface area contributed by atoms with Crippen LogP contribution in [0.4, 0.5) is 0 Å². The van der Waals surface area contributed by atoms with Crippen molar-refractivity contribution in [3.05, 3.63) is 23.3 Å². The first-order valence-electron chi connectivity index (χ1n) is 12.0. The third-order valence-corrected chi connectivity index (χ3v) is 8.80. The molecule has 0 atom stereocenters. The topological polar surface area (TPSA) is 171 Å². The van der Waals surface area contributed by atoms with E-state index in [1.54, 1.807) is 26.4 Å². The van der Waals surface area contributed by atoms with Gasteiger partial charge >= 0.3 is 0 Å². The number of nitrogens with zero attached hydrogens (tertiary/aromatic N) is 2. The summed E-state index contributed by atoms with van der Waals surface area (Å²) < 4.78 is 83.3. The summed E-state index contributed by atoms with van der Waals surface area (Å²) >= 11 is 0. The molecule has 0 unspecified atom stereocenters. The van der Waals surface area contributed by atoms with Crippen molar-refractivity contribution < 1.29 is 45.3 Å². The molecule has 0 heterocycles. The standard InChI is InChI=1S/C24H36N2O10S2/c1-31-7-9-35-13-11-33-5-3-15-37(27,28)23-17-21(19-25)22(20-26)18-24(23)38(29,30)16-4-6-34-12-14-36-10-8-32-2/h17-18H,3-16H2,1-2H3. The number of methoxy groups -OCH3 is 2. The summed E-state index contributed by atoms with van der Waals surface area (Å²) in [5, 5.41) is 18.7. The van der Waals surface area contributed by atoms with Crippen LogP contribution in [0.3, 0.4) is 0 Å². The Morgan fingerprint density at radius 1 is 0.579 bits per heavy atom. The zero-order valence-electron chi connectivity index (χ0n) is 21.8. The van der Waals surface area contributed by atoms with Gasteiger partial charge in [0.25, 0.3) is 0 Å². The zero-order chi connectivity index (χ0) is 28.3. The summed E-state index contributed by atoms with van der Waals surface area (Å²) in [4.78, 5) is -0.994. The lowest BCUT2D eigenvalue weighted by Gasteiger charge is -2.13. The molecule has 0 N–H and O–H groups in total. The minimum Gasteiger partial charge on any atom is -0.382 e. The second kappa shape index (κ2) is 19.0. The second-order valence-electron chi connectivity index (χ2n) is 7.85. The van der Waals surface area contributed by atoms with Gasteiger partial charge in [-0.3, -0.25) is 0 Å². The Balaban J connectivity index is 2.82. The summed E-state index contributed by atoms with van der Waals surface area (Å²) in [5.41, 5.74) is -0.433. The highest BCUT2D eigenvalue weighted by Gasteiger charge is 2.28. The molecule has 0 fully saturated rings. The van der Waals surface area contributed by atoms with Crippen molar-refractivity contribution in [3.8, 4) is 12.1 Å². The average Bonchev–Trinajstić information content (AvgIpc) is 2.90. The van der Waals surface area contributed by atoms with E-state index in [1.165, 1.54) is 0 Å². The van der Waals surface area contributed by atoms with E-state index in [-0.39, 0.29) is 50.4 Å². The van der Waals surface area contributed by atoms with Crippen LogP contribution in [0.5, 0.6) is 0 Å². The molecule has 38 heavy (non-hydrogen) atoms. The first-order chi connectivity index (χ1) is 18.2. The van der Waals surface area contributed by atoms with Gasteiger partial charge in [-0.1, -0.05) is 0 Å². The molecule has 12 nitrogen and oxygen atoms in total. The van der Waals surface area contributed by atoms with Crippen molar-refractivity contribution >= 4 is 19.7 Å². The average molecular weight is 577 g/mol. The maximum atomic E-state index is 13.1. The van der Waals surface area contributed by atoms with Crippen LogP contribution >= 0.6 is 0 Å². The molecule has 0 aliphatic carbocycles. The number of ether oxygens (including phenoxy) is 6. The highest BCUT2D eigenvalue weighted by atomic mass is 32.2. The SMILES string of the molecule is COCCOCCOCCCS(=O)(=O)c1cc(C#N)c(C#N)cc1S(=O)(=O)CCCOCCOCCOC. The van der Waals surface area contributed by atoms with Crippen molar-refractivity contribution in [2.45, 2.75) is 22.6 Å². The Hall–Kier alpha value is -2.14. The molecule has 14 heteroatoms. The largest absolute Gasteiger partial charge is 0.382 e. The van der Waals surface area contributed by atoms with Gasteiger partial charge in [0.05, 0.1) is 85.3 Å². The van der Waals surface area contributed by atoms with Crippen molar-refractivity contribution in [3.63, 3.8) is 0 Å². The van der Waals surface area contributed by atoms with Gasteiger partial charge in [0.15, 0.2) is 19.7 Å². The van der Waals surface area contributed by atoms with E-state index in [4.69, 9.17) is 28.4 Å². The highest BCUT2D eigenvalue weighted by molar-refractivity contribution is 7.94. The lowest BCUT2D eigenvalue weighted by Crippen LogP contribution is -2.18. The normalized spacial score (nSPS) is 11.8. The van der Waals surface area contributed by atoms with Crippen molar-refractivity contribution in [2.75, 3.05) is 91.8 Å². The van der Waals surface area contributed by atoms with Gasteiger partial charge in [0.1, 0.15) is 12.1 Å². The summed E-state index contributed by atoms with van der Waals surface area (Å²) in [6, 6.07) is 5.43. The van der Waals surface area contributed by atoms with E-state index < -0.39 is 41.0 Å². The monoisotopic (exact) mass is 576 g/mol. The van der Waals surface area contributed by atoms with Gasteiger partial charge in [-0.15, -0.1) is 0 Å². The highest BCUT2D eigenvalue weighted by Crippen LogP contribution is 2.28. The number of hydrogen-bond donors (Lipinski definition) is 0. The molecule has 0 saturated heterocycles. The van der Waals surface area contributed by atoms with Crippen LogP contribution in [-0.2, 0) is 48.1 Å². The van der Waals surface area contributed by atoms with Crippen molar-refractivity contribution in [1.82, 2.24) is 0 Å². The minimum atomic E-state index is -4.11. The minimum absolute atomic E-state index is 0.0993. The molecule has 0 aromatic heterocycles. The Bertz CT molecular complexity index is 1040. The summed E-state index contributed by atoms with van der Waals surface area (Å²) in [6.45, 7) is 3.15. The third kappa shape index (κ3) is 12.6. The molecule has 1 aromatic carbocycles. The van der Waals surface area contributed by atoms with E-state index in [1.807, 2.05) is 0 Å². The lowest BCUT2D eigenvalue weighted by atomic mass is 10.1. The number of benzene rings is 1. The fraction of sp³-hybridized carbons (Fsp3) is 0.667. The van der Waals surface area contributed by atoms with E-state index in [2.05, 4.69) is 0 Å². The van der Waals surface area contributed by atoms with Gasteiger partial charge < -0.3 is 28.4 Å². The van der Waals surface area contributed by atoms with Gasteiger partial charge in [-0.25, -0.2) is 16.8 Å². The molecule has 0 saturated carbocycles. The molecule has 1 rings (SSSR count). The van der Waals surface area contributed by atoms with Crippen LogP contribution in [0.1, 0.15) is 24.0 Å².